The van der Waals surface area contributed by atoms with Crippen molar-refractivity contribution in [3.05, 3.63) is 58.5 Å². The molecule has 2 aromatic carbocycles. The van der Waals surface area contributed by atoms with E-state index in [1.54, 1.807) is 43.2 Å². The highest BCUT2D eigenvalue weighted by atomic mass is 32.2. The lowest BCUT2D eigenvalue weighted by molar-refractivity contribution is -0.145. The molecule has 1 unspecified atom stereocenters. The fourth-order valence-electron chi connectivity index (χ4n) is 3.21. The van der Waals surface area contributed by atoms with Gasteiger partial charge in [-0.1, -0.05) is 49.1 Å². The fourth-order valence-corrected chi connectivity index (χ4v) is 4.52. The summed E-state index contributed by atoms with van der Waals surface area (Å²) in [6.07, 6.45) is 1.77. The SMILES string of the molecule is CCC(Oc1ccc(/C=C2/SC(=S)N(CCc3ccc(OC)cc3)C2=O)cc1OC)C(=O)O. The Morgan fingerprint density at radius 3 is 2.48 bits per heavy atom. The minimum Gasteiger partial charge on any atom is -0.497 e. The quantitative estimate of drug-likeness (QED) is 0.390. The molecule has 1 heterocycles. The lowest BCUT2D eigenvalue weighted by Crippen LogP contribution is -2.30. The van der Waals surface area contributed by atoms with Gasteiger partial charge < -0.3 is 19.3 Å². The lowest BCUT2D eigenvalue weighted by atomic mass is 10.1. The Balaban J connectivity index is 1.71. The van der Waals surface area contributed by atoms with E-state index < -0.39 is 12.1 Å². The van der Waals surface area contributed by atoms with Gasteiger partial charge in [0.25, 0.3) is 5.91 Å². The van der Waals surface area contributed by atoms with Crippen LogP contribution in [-0.2, 0) is 16.0 Å². The van der Waals surface area contributed by atoms with Gasteiger partial charge in [-0.3, -0.25) is 9.69 Å². The van der Waals surface area contributed by atoms with E-state index in [2.05, 4.69) is 0 Å². The highest BCUT2D eigenvalue weighted by molar-refractivity contribution is 8.26. The van der Waals surface area contributed by atoms with Crippen molar-refractivity contribution in [3.63, 3.8) is 0 Å². The average molecular weight is 488 g/mol. The largest absolute Gasteiger partial charge is 0.497 e. The molecule has 1 saturated heterocycles. The van der Waals surface area contributed by atoms with Gasteiger partial charge in [0.15, 0.2) is 17.6 Å². The molecule has 0 radical (unpaired) electrons. The van der Waals surface area contributed by atoms with Crippen LogP contribution in [0.15, 0.2) is 47.4 Å². The summed E-state index contributed by atoms with van der Waals surface area (Å²) in [6, 6.07) is 12.8. The number of rotatable bonds is 10. The van der Waals surface area contributed by atoms with Crippen molar-refractivity contribution >= 4 is 46.3 Å². The molecule has 3 rings (SSSR count). The maximum atomic E-state index is 12.9. The summed E-state index contributed by atoms with van der Waals surface area (Å²) in [5.41, 5.74) is 1.80. The highest BCUT2D eigenvalue weighted by Gasteiger charge is 2.31. The van der Waals surface area contributed by atoms with E-state index in [9.17, 15) is 14.7 Å². The summed E-state index contributed by atoms with van der Waals surface area (Å²) in [5, 5.41) is 9.22. The summed E-state index contributed by atoms with van der Waals surface area (Å²) >= 11 is 6.68. The first kappa shape index (κ1) is 24.6. The first-order valence-corrected chi connectivity index (χ1v) is 11.5. The molecular formula is C24H25NO6S2. The molecule has 0 aliphatic carbocycles. The maximum Gasteiger partial charge on any atom is 0.344 e. The van der Waals surface area contributed by atoms with E-state index in [0.717, 1.165) is 16.9 Å². The number of carbonyl (C=O) groups is 2. The van der Waals surface area contributed by atoms with Gasteiger partial charge in [0, 0.05) is 6.54 Å². The molecule has 1 atom stereocenters. The third kappa shape index (κ3) is 6.06. The van der Waals surface area contributed by atoms with Crippen LogP contribution in [0.2, 0.25) is 0 Å². The zero-order chi connectivity index (χ0) is 24.0. The third-order valence-electron chi connectivity index (χ3n) is 5.06. The van der Waals surface area contributed by atoms with Gasteiger partial charge in [-0.05, 0) is 54.3 Å². The molecule has 0 bridgehead atoms. The maximum absolute atomic E-state index is 12.9. The number of hydrogen-bond acceptors (Lipinski definition) is 7. The number of aliphatic carboxylic acids is 1. The molecule has 2 aromatic rings. The zero-order valence-corrected chi connectivity index (χ0v) is 20.2. The number of carbonyl (C=O) groups excluding carboxylic acids is 1. The molecular weight excluding hydrogens is 462 g/mol. The highest BCUT2D eigenvalue weighted by Crippen LogP contribution is 2.35. The summed E-state index contributed by atoms with van der Waals surface area (Å²) in [5.74, 6) is 0.318. The Morgan fingerprint density at radius 1 is 1.15 bits per heavy atom. The number of hydrogen-bond donors (Lipinski definition) is 1. The number of thioether (sulfide) groups is 1. The Labute approximate surface area is 202 Å². The summed E-state index contributed by atoms with van der Waals surface area (Å²) in [7, 11) is 3.10. The van der Waals surface area contributed by atoms with Gasteiger partial charge in [-0.25, -0.2) is 4.79 Å². The van der Waals surface area contributed by atoms with Crippen molar-refractivity contribution in [2.24, 2.45) is 0 Å². The van der Waals surface area contributed by atoms with Crippen molar-refractivity contribution in [2.75, 3.05) is 20.8 Å². The lowest BCUT2D eigenvalue weighted by Gasteiger charge is -2.16. The molecule has 0 spiro atoms. The van der Waals surface area contributed by atoms with E-state index >= 15 is 0 Å². The van der Waals surface area contributed by atoms with Crippen molar-refractivity contribution in [1.29, 1.82) is 0 Å². The normalized spacial score (nSPS) is 15.6. The summed E-state index contributed by atoms with van der Waals surface area (Å²) < 4.78 is 16.6. The summed E-state index contributed by atoms with van der Waals surface area (Å²) in [6.45, 7) is 2.22. The van der Waals surface area contributed by atoms with Gasteiger partial charge in [0.2, 0.25) is 0 Å². The number of carboxylic acid groups (broad SMARTS) is 1. The number of amides is 1. The molecule has 7 nitrogen and oxygen atoms in total. The standard InChI is InChI=1S/C24H25NO6S2/c1-4-18(23(27)28)31-19-10-7-16(13-20(19)30-3)14-21-22(26)25(24(32)33-21)12-11-15-5-8-17(29-2)9-6-15/h5-10,13-14,18H,4,11-12H2,1-3H3,(H,27,28)/b21-14+. The topological polar surface area (TPSA) is 85.3 Å². The predicted molar refractivity (Wildman–Crippen MR) is 132 cm³/mol. The monoisotopic (exact) mass is 487 g/mol. The molecule has 1 fully saturated rings. The van der Waals surface area contributed by atoms with E-state index in [-0.39, 0.29) is 5.91 Å². The number of nitrogens with zero attached hydrogens (tertiary/aromatic N) is 1. The van der Waals surface area contributed by atoms with Gasteiger partial charge in [0.05, 0.1) is 19.1 Å². The Kier molecular flexibility index (Phi) is 8.35. The molecule has 1 aliphatic heterocycles. The van der Waals surface area contributed by atoms with Gasteiger partial charge in [0.1, 0.15) is 10.1 Å². The van der Waals surface area contributed by atoms with E-state index in [1.165, 1.54) is 18.9 Å². The second-order valence-electron chi connectivity index (χ2n) is 7.19. The molecule has 0 saturated carbocycles. The second-order valence-corrected chi connectivity index (χ2v) is 8.87. The number of carboxylic acids is 1. The van der Waals surface area contributed by atoms with Gasteiger partial charge in [-0.2, -0.15) is 0 Å². The van der Waals surface area contributed by atoms with Crippen LogP contribution in [0.1, 0.15) is 24.5 Å². The van der Waals surface area contributed by atoms with E-state index in [4.69, 9.17) is 26.4 Å². The molecule has 33 heavy (non-hydrogen) atoms. The Morgan fingerprint density at radius 2 is 1.88 bits per heavy atom. The molecule has 174 valence electrons. The molecule has 9 heteroatoms. The second kappa shape index (κ2) is 11.2. The van der Waals surface area contributed by atoms with Crippen LogP contribution in [0.4, 0.5) is 0 Å². The van der Waals surface area contributed by atoms with Crippen molar-refractivity contribution < 1.29 is 28.9 Å². The molecule has 1 aliphatic rings. The van der Waals surface area contributed by atoms with Crippen LogP contribution in [0.3, 0.4) is 0 Å². The average Bonchev–Trinajstić information content (AvgIpc) is 3.08. The van der Waals surface area contributed by atoms with E-state index in [1.807, 2.05) is 24.3 Å². The first-order valence-electron chi connectivity index (χ1n) is 10.3. The van der Waals surface area contributed by atoms with E-state index in [0.29, 0.717) is 40.1 Å². The summed E-state index contributed by atoms with van der Waals surface area (Å²) in [4.78, 5) is 26.3. The Hall–Kier alpha value is -3.04. The van der Waals surface area contributed by atoms with Crippen molar-refractivity contribution in [2.45, 2.75) is 25.9 Å². The number of benzene rings is 2. The molecule has 0 aromatic heterocycles. The first-order chi connectivity index (χ1) is 15.9. The third-order valence-corrected chi connectivity index (χ3v) is 6.44. The van der Waals surface area contributed by atoms with Gasteiger partial charge in [-0.15, -0.1) is 0 Å². The van der Waals surface area contributed by atoms with Gasteiger partial charge >= 0.3 is 5.97 Å². The fraction of sp³-hybridized carbons (Fsp3) is 0.292. The molecule has 1 amide bonds. The minimum absolute atomic E-state index is 0.144. The van der Waals surface area contributed by atoms with Crippen LogP contribution in [0, 0.1) is 0 Å². The van der Waals surface area contributed by atoms with Crippen LogP contribution in [0.25, 0.3) is 6.08 Å². The van der Waals surface area contributed by atoms with Crippen LogP contribution in [-0.4, -0.2) is 53.1 Å². The zero-order valence-electron chi connectivity index (χ0n) is 18.6. The van der Waals surface area contributed by atoms with Crippen molar-refractivity contribution in [1.82, 2.24) is 4.90 Å². The number of methoxy groups -OCH3 is 2. The van der Waals surface area contributed by atoms with Crippen LogP contribution < -0.4 is 14.2 Å². The minimum atomic E-state index is -1.04. The van der Waals surface area contributed by atoms with Crippen LogP contribution >= 0.6 is 24.0 Å². The molecule has 1 N–H and O–H groups in total. The van der Waals surface area contributed by atoms with Crippen molar-refractivity contribution in [3.8, 4) is 17.2 Å². The Bertz CT molecular complexity index is 1070. The number of thiocarbonyl (C=S) groups is 1. The smallest absolute Gasteiger partial charge is 0.344 e. The predicted octanol–water partition coefficient (Wildman–Crippen LogP) is 4.39. The number of ether oxygens (including phenoxy) is 3. The van der Waals surface area contributed by atoms with Crippen LogP contribution in [0.5, 0.6) is 17.2 Å².